The predicted molar refractivity (Wildman–Crippen MR) is 57.1 cm³/mol. The highest BCUT2D eigenvalue weighted by molar-refractivity contribution is 5.56. The van der Waals surface area contributed by atoms with Gasteiger partial charge in [0.2, 0.25) is 0 Å². The van der Waals surface area contributed by atoms with Crippen LogP contribution in [0, 0.1) is 0 Å². The van der Waals surface area contributed by atoms with Gasteiger partial charge < -0.3 is 10.3 Å². The fourth-order valence-corrected chi connectivity index (χ4v) is 1.42. The van der Waals surface area contributed by atoms with Crippen molar-refractivity contribution in [2.75, 3.05) is 6.54 Å². The predicted octanol–water partition coefficient (Wildman–Crippen LogP) is 1.63. The molecular formula is C11H13N3O. The van der Waals surface area contributed by atoms with Gasteiger partial charge in [0.05, 0.1) is 6.20 Å². The van der Waals surface area contributed by atoms with E-state index in [9.17, 15) is 0 Å². The highest BCUT2D eigenvalue weighted by Crippen LogP contribution is 2.18. The van der Waals surface area contributed by atoms with Crippen LogP contribution in [0.3, 0.4) is 0 Å². The van der Waals surface area contributed by atoms with Crippen molar-refractivity contribution in [1.82, 2.24) is 10.1 Å². The van der Waals surface area contributed by atoms with Crippen molar-refractivity contribution in [3.63, 3.8) is 0 Å². The fourth-order valence-electron chi connectivity index (χ4n) is 1.42. The smallest absolute Gasteiger partial charge is 0.166 e. The zero-order valence-electron chi connectivity index (χ0n) is 8.39. The van der Waals surface area contributed by atoms with Crippen LogP contribution in [0.5, 0.6) is 0 Å². The van der Waals surface area contributed by atoms with Gasteiger partial charge in [-0.15, -0.1) is 0 Å². The van der Waals surface area contributed by atoms with E-state index in [0.717, 1.165) is 29.9 Å². The van der Waals surface area contributed by atoms with Gasteiger partial charge in [0, 0.05) is 23.5 Å². The molecule has 0 spiro atoms. The molecule has 2 aromatic rings. The van der Waals surface area contributed by atoms with Gasteiger partial charge in [-0.1, -0.05) is 5.16 Å². The summed E-state index contributed by atoms with van der Waals surface area (Å²) >= 11 is 0. The van der Waals surface area contributed by atoms with Crippen molar-refractivity contribution >= 4 is 0 Å². The number of rotatable bonds is 4. The fraction of sp³-hybridized carbons (Fsp3) is 0.273. The third kappa shape index (κ3) is 2.41. The highest BCUT2D eigenvalue weighted by atomic mass is 16.5. The molecule has 0 aliphatic heterocycles. The average Bonchev–Trinajstić information content (AvgIpc) is 2.80. The van der Waals surface area contributed by atoms with E-state index < -0.39 is 0 Å². The lowest BCUT2D eigenvalue weighted by Gasteiger charge is -2.00. The second-order valence-electron chi connectivity index (χ2n) is 3.30. The number of nitrogens with two attached hydrogens (primary N) is 1. The molecule has 0 bridgehead atoms. The van der Waals surface area contributed by atoms with Gasteiger partial charge in [0.15, 0.2) is 5.76 Å². The summed E-state index contributed by atoms with van der Waals surface area (Å²) in [6.07, 6.45) is 5.27. The molecule has 0 atom stereocenters. The minimum Gasteiger partial charge on any atom is -0.356 e. The lowest BCUT2D eigenvalue weighted by Crippen LogP contribution is -2.01. The van der Waals surface area contributed by atoms with E-state index in [1.54, 1.807) is 12.4 Å². The molecule has 0 aliphatic rings. The molecule has 4 heteroatoms. The second kappa shape index (κ2) is 4.70. The lowest BCUT2D eigenvalue weighted by atomic mass is 10.1. The number of hydrogen-bond acceptors (Lipinski definition) is 4. The first-order chi connectivity index (χ1) is 7.40. The Hall–Kier alpha value is -1.68. The SMILES string of the molecule is NCCCc1cc(-c2ccno2)ccn1. The summed E-state index contributed by atoms with van der Waals surface area (Å²) in [5.41, 5.74) is 7.50. The lowest BCUT2D eigenvalue weighted by molar-refractivity contribution is 0.432. The third-order valence-corrected chi connectivity index (χ3v) is 2.18. The molecule has 0 amide bonds. The zero-order valence-corrected chi connectivity index (χ0v) is 8.39. The molecule has 4 nitrogen and oxygen atoms in total. The Morgan fingerprint density at radius 3 is 2.93 bits per heavy atom. The normalized spacial score (nSPS) is 10.5. The first-order valence-electron chi connectivity index (χ1n) is 4.96. The Labute approximate surface area is 88.1 Å². The van der Waals surface area contributed by atoms with Crippen LogP contribution in [0.2, 0.25) is 0 Å². The molecule has 0 saturated carbocycles. The van der Waals surface area contributed by atoms with Gasteiger partial charge in [-0.2, -0.15) is 0 Å². The first kappa shape index (κ1) is 9.86. The van der Waals surface area contributed by atoms with Crippen LogP contribution in [-0.2, 0) is 6.42 Å². The number of aryl methyl sites for hydroxylation is 1. The first-order valence-corrected chi connectivity index (χ1v) is 4.96. The maximum atomic E-state index is 5.45. The number of nitrogens with zero attached hydrogens (tertiary/aromatic N) is 2. The third-order valence-electron chi connectivity index (χ3n) is 2.18. The van der Waals surface area contributed by atoms with E-state index in [1.807, 2.05) is 18.2 Å². The number of pyridine rings is 1. The topological polar surface area (TPSA) is 64.9 Å². The molecule has 0 radical (unpaired) electrons. The van der Waals surface area contributed by atoms with Crippen LogP contribution in [0.15, 0.2) is 35.1 Å². The van der Waals surface area contributed by atoms with Gasteiger partial charge in [0.1, 0.15) is 0 Å². The summed E-state index contributed by atoms with van der Waals surface area (Å²) in [5.74, 6) is 0.770. The molecular weight excluding hydrogens is 190 g/mol. The molecule has 0 aliphatic carbocycles. The van der Waals surface area contributed by atoms with Crippen molar-refractivity contribution in [3.8, 4) is 11.3 Å². The average molecular weight is 203 g/mol. The molecule has 2 rings (SSSR count). The Morgan fingerprint density at radius 2 is 2.20 bits per heavy atom. The Balaban J connectivity index is 2.19. The van der Waals surface area contributed by atoms with Gasteiger partial charge in [-0.3, -0.25) is 4.98 Å². The summed E-state index contributed by atoms with van der Waals surface area (Å²) in [4.78, 5) is 4.27. The van der Waals surface area contributed by atoms with Crippen LogP contribution in [0.25, 0.3) is 11.3 Å². The molecule has 78 valence electrons. The van der Waals surface area contributed by atoms with E-state index in [-0.39, 0.29) is 0 Å². The second-order valence-corrected chi connectivity index (χ2v) is 3.30. The molecule has 2 aromatic heterocycles. The van der Waals surface area contributed by atoms with E-state index >= 15 is 0 Å². The van der Waals surface area contributed by atoms with Crippen molar-refractivity contribution in [1.29, 1.82) is 0 Å². The van der Waals surface area contributed by atoms with Crippen molar-refractivity contribution in [2.24, 2.45) is 5.73 Å². The monoisotopic (exact) mass is 203 g/mol. The van der Waals surface area contributed by atoms with E-state index in [2.05, 4.69) is 10.1 Å². The molecule has 0 saturated heterocycles. The van der Waals surface area contributed by atoms with Crippen LogP contribution in [0.4, 0.5) is 0 Å². The van der Waals surface area contributed by atoms with Gasteiger partial charge in [-0.25, -0.2) is 0 Å². The summed E-state index contributed by atoms with van der Waals surface area (Å²) in [5, 5.41) is 3.67. The summed E-state index contributed by atoms with van der Waals surface area (Å²) in [6.45, 7) is 0.689. The maximum Gasteiger partial charge on any atom is 0.166 e. The van der Waals surface area contributed by atoms with Crippen molar-refractivity contribution in [2.45, 2.75) is 12.8 Å². The number of aromatic nitrogens is 2. The van der Waals surface area contributed by atoms with Crippen LogP contribution < -0.4 is 5.73 Å². The molecule has 2 N–H and O–H groups in total. The van der Waals surface area contributed by atoms with Crippen LogP contribution in [-0.4, -0.2) is 16.7 Å². The Bertz CT molecular complexity index is 412. The standard InChI is InChI=1S/C11H13N3O/c12-5-1-2-10-8-9(3-6-13-10)11-4-7-14-15-11/h3-4,6-8H,1-2,5,12H2. The van der Waals surface area contributed by atoms with E-state index in [1.165, 1.54) is 0 Å². The molecule has 15 heavy (non-hydrogen) atoms. The maximum absolute atomic E-state index is 5.45. The molecule has 0 fully saturated rings. The van der Waals surface area contributed by atoms with E-state index in [4.69, 9.17) is 10.3 Å². The number of hydrogen-bond donors (Lipinski definition) is 1. The van der Waals surface area contributed by atoms with Gasteiger partial charge in [0.25, 0.3) is 0 Å². The Morgan fingerprint density at radius 1 is 1.27 bits per heavy atom. The summed E-state index contributed by atoms with van der Waals surface area (Å²) in [7, 11) is 0. The van der Waals surface area contributed by atoms with Crippen molar-refractivity contribution in [3.05, 3.63) is 36.3 Å². The quantitative estimate of drug-likeness (QED) is 0.820. The summed E-state index contributed by atoms with van der Waals surface area (Å²) in [6, 6.07) is 5.75. The highest BCUT2D eigenvalue weighted by Gasteiger charge is 2.03. The minimum absolute atomic E-state index is 0.689. The minimum atomic E-state index is 0.689. The summed E-state index contributed by atoms with van der Waals surface area (Å²) < 4.78 is 5.08. The van der Waals surface area contributed by atoms with Gasteiger partial charge in [-0.05, 0) is 31.5 Å². The largest absolute Gasteiger partial charge is 0.356 e. The van der Waals surface area contributed by atoms with E-state index in [0.29, 0.717) is 6.54 Å². The molecule has 0 aromatic carbocycles. The Kier molecular flexibility index (Phi) is 3.09. The van der Waals surface area contributed by atoms with Crippen LogP contribution in [0.1, 0.15) is 12.1 Å². The van der Waals surface area contributed by atoms with Crippen LogP contribution >= 0.6 is 0 Å². The molecule has 0 unspecified atom stereocenters. The zero-order chi connectivity index (χ0) is 10.5. The molecule has 2 heterocycles. The van der Waals surface area contributed by atoms with Gasteiger partial charge >= 0.3 is 0 Å². The van der Waals surface area contributed by atoms with Crippen molar-refractivity contribution < 1.29 is 4.52 Å².